The Bertz CT molecular complexity index is 568. The number of nitrogens with one attached hydrogen (secondary N) is 3. The van der Waals surface area contributed by atoms with E-state index >= 15 is 0 Å². The van der Waals surface area contributed by atoms with E-state index in [1.54, 1.807) is 0 Å². The molecule has 0 saturated carbocycles. The fourth-order valence-electron chi connectivity index (χ4n) is 2.18. The number of fused-ring (bicyclic) bond motifs is 3. The lowest BCUT2D eigenvalue weighted by Crippen LogP contribution is -2.19. The Hall–Kier alpha value is -1.94. The van der Waals surface area contributed by atoms with Crippen LogP contribution in [0.2, 0.25) is 0 Å². The van der Waals surface area contributed by atoms with Crippen LogP contribution >= 0.6 is 0 Å². The first-order valence-corrected chi connectivity index (χ1v) is 6.35. The number of rotatable bonds is 4. The van der Waals surface area contributed by atoms with Crippen molar-refractivity contribution >= 4 is 22.1 Å². The maximum atomic E-state index is 5.89. The van der Waals surface area contributed by atoms with Gasteiger partial charge >= 0.3 is 0 Å². The minimum Gasteiger partial charge on any atom is -0.493 e. The molecule has 1 aliphatic heterocycles. The lowest BCUT2D eigenvalue weighted by Gasteiger charge is -2.11. The van der Waals surface area contributed by atoms with Crippen molar-refractivity contribution in [1.29, 1.82) is 0 Å². The molecule has 18 heavy (non-hydrogen) atoms. The SMILES string of the molecule is CCCCOc1cc2c(c3ccccc13)NNN2. The first kappa shape index (κ1) is 11.2. The van der Waals surface area contributed by atoms with E-state index in [1.807, 2.05) is 18.2 Å². The highest BCUT2D eigenvalue weighted by Crippen LogP contribution is 2.39. The van der Waals surface area contributed by atoms with Gasteiger partial charge in [0.2, 0.25) is 0 Å². The van der Waals surface area contributed by atoms with Gasteiger partial charge in [-0.3, -0.25) is 0 Å². The molecule has 0 radical (unpaired) electrons. The molecule has 0 amide bonds. The van der Waals surface area contributed by atoms with Crippen LogP contribution in [-0.2, 0) is 0 Å². The molecule has 0 saturated heterocycles. The predicted octanol–water partition coefficient (Wildman–Crippen LogP) is 3.28. The molecule has 0 unspecified atom stereocenters. The van der Waals surface area contributed by atoms with Crippen LogP contribution in [0.4, 0.5) is 11.4 Å². The largest absolute Gasteiger partial charge is 0.493 e. The van der Waals surface area contributed by atoms with Gasteiger partial charge < -0.3 is 15.6 Å². The fourth-order valence-corrected chi connectivity index (χ4v) is 2.18. The zero-order chi connectivity index (χ0) is 12.4. The maximum Gasteiger partial charge on any atom is 0.129 e. The van der Waals surface area contributed by atoms with Crippen molar-refractivity contribution in [2.75, 3.05) is 17.5 Å². The quantitative estimate of drug-likeness (QED) is 0.721. The van der Waals surface area contributed by atoms with E-state index in [0.29, 0.717) is 0 Å². The van der Waals surface area contributed by atoms with E-state index in [1.165, 1.54) is 5.39 Å². The molecule has 3 rings (SSSR count). The van der Waals surface area contributed by atoms with Crippen LogP contribution in [0.25, 0.3) is 10.8 Å². The van der Waals surface area contributed by atoms with E-state index < -0.39 is 0 Å². The van der Waals surface area contributed by atoms with Crippen molar-refractivity contribution in [3.05, 3.63) is 30.3 Å². The standard InChI is InChI=1S/C14H17N3O/c1-2-3-8-18-13-9-12-14(16-17-15-12)11-7-5-4-6-10(11)13/h4-7,9,15-17H,2-3,8H2,1H3. The van der Waals surface area contributed by atoms with Crippen molar-refractivity contribution in [1.82, 2.24) is 5.53 Å². The fraction of sp³-hybridized carbons (Fsp3) is 0.286. The molecule has 2 aromatic rings. The second-order valence-corrected chi connectivity index (χ2v) is 4.42. The Morgan fingerprint density at radius 2 is 1.94 bits per heavy atom. The molecule has 0 atom stereocenters. The van der Waals surface area contributed by atoms with Crippen LogP contribution in [0.5, 0.6) is 5.75 Å². The molecule has 0 aromatic heterocycles. The third-order valence-corrected chi connectivity index (χ3v) is 3.15. The van der Waals surface area contributed by atoms with Crippen LogP contribution in [0, 0.1) is 0 Å². The zero-order valence-corrected chi connectivity index (χ0v) is 10.4. The second kappa shape index (κ2) is 4.74. The summed E-state index contributed by atoms with van der Waals surface area (Å²) in [5.74, 6) is 0.941. The van der Waals surface area contributed by atoms with E-state index in [0.717, 1.165) is 42.0 Å². The topological polar surface area (TPSA) is 45.3 Å². The number of benzene rings is 2. The van der Waals surface area contributed by atoms with E-state index in [2.05, 4.69) is 35.4 Å². The molecule has 2 aromatic carbocycles. The van der Waals surface area contributed by atoms with Gasteiger partial charge in [0, 0.05) is 16.8 Å². The van der Waals surface area contributed by atoms with Crippen LogP contribution in [0.15, 0.2) is 30.3 Å². The first-order chi connectivity index (χ1) is 8.90. The molecule has 94 valence electrons. The predicted molar refractivity (Wildman–Crippen MR) is 74.7 cm³/mol. The summed E-state index contributed by atoms with van der Waals surface area (Å²) in [4.78, 5) is 0. The minimum absolute atomic E-state index is 0.764. The number of hydrogen-bond donors (Lipinski definition) is 3. The Morgan fingerprint density at radius 1 is 1.11 bits per heavy atom. The van der Waals surface area contributed by atoms with Gasteiger partial charge in [-0.15, -0.1) is 5.53 Å². The summed E-state index contributed by atoms with van der Waals surface area (Å²) in [6, 6.07) is 10.3. The van der Waals surface area contributed by atoms with Gasteiger partial charge in [-0.05, 0) is 6.42 Å². The molecule has 0 aliphatic carbocycles. The summed E-state index contributed by atoms with van der Waals surface area (Å²) < 4.78 is 5.89. The van der Waals surface area contributed by atoms with Crippen molar-refractivity contribution < 1.29 is 4.74 Å². The average molecular weight is 243 g/mol. The molecule has 3 N–H and O–H groups in total. The summed E-state index contributed by atoms with van der Waals surface area (Å²) in [5.41, 5.74) is 11.2. The lowest BCUT2D eigenvalue weighted by atomic mass is 10.1. The van der Waals surface area contributed by atoms with Crippen molar-refractivity contribution in [2.24, 2.45) is 0 Å². The first-order valence-electron chi connectivity index (χ1n) is 6.35. The Balaban J connectivity index is 2.05. The van der Waals surface area contributed by atoms with Crippen LogP contribution in [-0.4, -0.2) is 6.61 Å². The van der Waals surface area contributed by atoms with Crippen LogP contribution < -0.4 is 21.1 Å². The van der Waals surface area contributed by atoms with E-state index in [-0.39, 0.29) is 0 Å². The number of unbranched alkanes of at least 4 members (excludes halogenated alkanes) is 1. The lowest BCUT2D eigenvalue weighted by molar-refractivity contribution is 0.313. The van der Waals surface area contributed by atoms with E-state index in [4.69, 9.17) is 4.74 Å². The average Bonchev–Trinajstić information content (AvgIpc) is 2.87. The molecule has 0 fully saturated rings. The van der Waals surface area contributed by atoms with Gasteiger partial charge in [0.05, 0.1) is 18.0 Å². The van der Waals surface area contributed by atoms with Gasteiger partial charge in [-0.25, -0.2) is 0 Å². The van der Waals surface area contributed by atoms with E-state index in [9.17, 15) is 0 Å². The summed E-state index contributed by atoms with van der Waals surface area (Å²) in [5, 5.41) is 2.31. The number of anilines is 2. The summed E-state index contributed by atoms with van der Waals surface area (Å²) in [6.07, 6.45) is 2.22. The second-order valence-electron chi connectivity index (χ2n) is 4.42. The zero-order valence-electron chi connectivity index (χ0n) is 10.4. The molecule has 1 aliphatic rings. The van der Waals surface area contributed by atoms with Gasteiger partial charge in [-0.2, -0.15) is 0 Å². The number of ether oxygens (including phenoxy) is 1. The molecule has 0 spiro atoms. The third-order valence-electron chi connectivity index (χ3n) is 3.15. The summed E-state index contributed by atoms with van der Waals surface area (Å²) in [6.45, 7) is 2.93. The third kappa shape index (κ3) is 1.84. The molecular formula is C14H17N3O. The van der Waals surface area contributed by atoms with Gasteiger partial charge in [0.1, 0.15) is 5.75 Å². The van der Waals surface area contributed by atoms with Crippen molar-refractivity contribution in [3.8, 4) is 5.75 Å². The van der Waals surface area contributed by atoms with Crippen LogP contribution in [0.3, 0.4) is 0 Å². The Morgan fingerprint density at radius 3 is 2.78 bits per heavy atom. The normalized spacial score (nSPS) is 12.9. The minimum atomic E-state index is 0.764. The number of hydrazine groups is 2. The molecule has 0 bridgehead atoms. The molecule has 1 heterocycles. The summed E-state index contributed by atoms with van der Waals surface area (Å²) in [7, 11) is 0. The Kier molecular flexibility index (Phi) is 2.94. The molecule has 4 nitrogen and oxygen atoms in total. The number of hydrogen-bond acceptors (Lipinski definition) is 4. The van der Waals surface area contributed by atoms with Gasteiger partial charge in [-0.1, -0.05) is 37.6 Å². The highest BCUT2D eigenvalue weighted by molar-refractivity contribution is 6.04. The maximum absolute atomic E-state index is 5.89. The Labute approximate surface area is 106 Å². The molecular weight excluding hydrogens is 226 g/mol. The van der Waals surface area contributed by atoms with Gasteiger partial charge in [0.25, 0.3) is 0 Å². The highest BCUT2D eigenvalue weighted by atomic mass is 16.5. The van der Waals surface area contributed by atoms with Crippen molar-refractivity contribution in [3.63, 3.8) is 0 Å². The van der Waals surface area contributed by atoms with Crippen molar-refractivity contribution in [2.45, 2.75) is 19.8 Å². The summed E-state index contributed by atoms with van der Waals surface area (Å²) >= 11 is 0. The van der Waals surface area contributed by atoms with Crippen LogP contribution in [0.1, 0.15) is 19.8 Å². The monoisotopic (exact) mass is 243 g/mol. The van der Waals surface area contributed by atoms with Gasteiger partial charge in [0.15, 0.2) is 0 Å². The smallest absolute Gasteiger partial charge is 0.129 e. The molecule has 4 heteroatoms. The highest BCUT2D eigenvalue weighted by Gasteiger charge is 2.16.